The summed E-state index contributed by atoms with van der Waals surface area (Å²) in [4.78, 5) is 12.1. The maximum Gasteiger partial charge on any atom is 0.194 e. The van der Waals surface area contributed by atoms with Gasteiger partial charge in [0.15, 0.2) is 4.96 Å². The molecule has 0 atom stereocenters. The number of thiazole rings is 1. The SMILES string of the molecule is Cc1cn2c(/C=N/OCc3ccccc3)c(C)nc2s1. The van der Waals surface area contributed by atoms with Gasteiger partial charge >= 0.3 is 0 Å². The van der Waals surface area contributed by atoms with Gasteiger partial charge in [-0.3, -0.25) is 4.40 Å². The fraction of sp³-hybridized carbons (Fsp3) is 0.200. The molecule has 0 bridgehead atoms. The first kappa shape index (κ1) is 12.9. The zero-order chi connectivity index (χ0) is 13.9. The maximum absolute atomic E-state index is 5.34. The van der Waals surface area contributed by atoms with Crippen molar-refractivity contribution in [1.82, 2.24) is 9.38 Å². The van der Waals surface area contributed by atoms with Crippen molar-refractivity contribution in [3.63, 3.8) is 0 Å². The highest BCUT2D eigenvalue weighted by Crippen LogP contribution is 2.19. The van der Waals surface area contributed by atoms with Crippen LogP contribution in [-0.4, -0.2) is 15.6 Å². The van der Waals surface area contributed by atoms with E-state index < -0.39 is 0 Å². The third-order valence-electron chi connectivity index (χ3n) is 2.99. The number of hydrogen-bond acceptors (Lipinski definition) is 4. The predicted octanol–water partition coefficient (Wildman–Crippen LogP) is 3.56. The minimum atomic E-state index is 0.473. The summed E-state index contributed by atoms with van der Waals surface area (Å²) in [6.07, 6.45) is 3.79. The standard InChI is InChI=1S/C15H15N3OS/c1-11-9-18-14(12(2)17-15(18)20-11)8-16-19-10-13-6-4-3-5-7-13/h3-9H,10H2,1-2H3/b16-8+. The molecule has 5 heteroatoms. The fourth-order valence-electron chi connectivity index (χ4n) is 2.01. The topological polar surface area (TPSA) is 38.9 Å². The molecular formula is C15H15N3OS. The van der Waals surface area contributed by atoms with E-state index in [2.05, 4.69) is 23.3 Å². The van der Waals surface area contributed by atoms with Crippen LogP contribution >= 0.6 is 11.3 Å². The van der Waals surface area contributed by atoms with Gasteiger partial charge in [-0.2, -0.15) is 0 Å². The summed E-state index contributed by atoms with van der Waals surface area (Å²) >= 11 is 1.67. The molecule has 102 valence electrons. The van der Waals surface area contributed by atoms with Crippen molar-refractivity contribution in [2.45, 2.75) is 20.5 Å². The second-order valence-electron chi connectivity index (χ2n) is 4.57. The molecule has 0 unspecified atom stereocenters. The number of hydrogen-bond donors (Lipinski definition) is 0. The third-order valence-corrected chi connectivity index (χ3v) is 3.88. The Morgan fingerprint density at radius 1 is 1.30 bits per heavy atom. The van der Waals surface area contributed by atoms with Gasteiger partial charge in [-0.1, -0.05) is 35.5 Å². The summed E-state index contributed by atoms with van der Waals surface area (Å²) in [5.41, 5.74) is 3.03. The van der Waals surface area contributed by atoms with E-state index in [1.54, 1.807) is 17.6 Å². The monoisotopic (exact) mass is 285 g/mol. The zero-order valence-corrected chi connectivity index (χ0v) is 12.2. The van der Waals surface area contributed by atoms with Crippen molar-refractivity contribution in [2.24, 2.45) is 5.16 Å². The molecule has 0 amide bonds. The van der Waals surface area contributed by atoms with Crippen LogP contribution in [0, 0.1) is 13.8 Å². The van der Waals surface area contributed by atoms with E-state index in [-0.39, 0.29) is 0 Å². The Morgan fingerprint density at radius 3 is 2.90 bits per heavy atom. The Labute approximate surface area is 121 Å². The van der Waals surface area contributed by atoms with Gasteiger partial charge < -0.3 is 4.84 Å². The zero-order valence-electron chi connectivity index (χ0n) is 11.4. The first-order valence-electron chi connectivity index (χ1n) is 6.38. The first-order valence-corrected chi connectivity index (χ1v) is 7.20. The summed E-state index contributed by atoms with van der Waals surface area (Å²) in [7, 11) is 0. The highest BCUT2D eigenvalue weighted by Gasteiger charge is 2.08. The van der Waals surface area contributed by atoms with E-state index in [1.165, 1.54) is 4.88 Å². The Morgan fingerprint density at radius 2 is 2.10 bits per heavy atom. The summed E-state index contributed by atoms with van der Waals surface area (Å²) in [6, 6.07) is 9.99. The van der Waals surface area contributed by atoms with E-state index in [1.807, 2.05) is 41.7 Å². The van der Waals surface area contributed by atoms with E-state index in [0.29, 0.717) is 6.61 Å². The molecule has 3 rings (SSSR count). The van der Waals surface area contributed by atoms with Crippen LogP contribution in [0.5, 0.6) is 0 Å². The second-order valence-corrected chi connectivity index (χ2v) is 5.78. The molecule has 0 fully saturated rings. The van der Waals surface area contributed by atoms with Crippen LogP contribution < -0.4 is 0 Å². The summed E-state index contributed by atoms with van der Waals surface area (Å²) in [5.74, 6) is 0. The van der Waals surface area contributed by atoms with Crippen molar-refractivity contribution in [1.29, 1.82) is 0 Å². The highest BCUT2D eigenvalue weighted by atomic mass is 32.1. The molecule has 4 nitrogen and oxygen atoms in total. The smallest absolute Gasteiger partial charge is 0.194 e. The predicted molar refractivity (Wildman–Crippen MR) is 81.4 cm³/mol. The normalized spacial score (nSPS) is 11.5. The number of nitrogens with zero attached hydrogens (tertiary/aromatic N) is 3. The molecule has 0 aliphatic carbocycles. The van der Waals surface area contributed by atoms with Crippen LogP contribution in [-0.2, 0) is 11.4 Å². The molecule has 2 aromatic heterocycles. The van der Waals surface area contributed by atoms with Gasteiger partial charge in [0.05, 0.1) is 17.6 Å². The number of aromatic nitrogens is 2. The van der Waals surface area contributed by atoms with E-state index in [0.717, 1.165) is 21.9 Å². The Kier molecular flexibility index (Phi) is 3.52. The molecule has 2 heterocycles. The van der Waals surface area contributed by atoms with Gasteiger partial charge in [0.1, 0.15) is 6.61 Å². The van der Waals surface area contributed by atoms with E-state index >= 15 is 0 Å². The average molecular weight is 285 g/mol. The lowest BCUT2D eigenvalue weighted by Gasteiger charge is -1.98. The van der Waals surface area contributed by atoms with Crippen molar-refractivity contribution in [3.05, 3.63) is 58.4 Å². The van der Waals surface area contributed by atoms with Gasteiger partial charge in [0.25, 0.3) is 0 Å². The van der Waals surface area contributed by atoms with Crippen LogP contribution in [0.4, 0.5) is 0 Å². The number of imidazole rings is 1. The first-order chi connectivity index (χ1) is 9.74. The summed E-state index contributed by atoms with van der Waals surface area (Å²) in [5, 5.41) is 4.05. The molecule has 20 heavy (non-hydrogen) atoms. The lowest BCUT2D eigenvalue weighted by atomic mass is 10.2. The molecule has 0 saturated carbocycles. The quantitative estimate of drug-likeness (QED) is 0.543. The van der Waals surface area contributed by atoms with Crippen LogP contribution in [0.1, 0.15) is 21.8 Å². The van der Waals surface area contributed by atoms with Crippen LogP contribution in [0.15, 0.2) is 41.7 Å². The largest absolute Gasteiger partial charge is 0.391 e. The maximum atomic E-state index is 5.34. The van der Waals surface area contributed by atoms with Gasteiger partial charge in [0, 0.05) is 11.1 Å². The Bertz CT molecular complexity index is 743. The lowest BCUT2D eigenvalue weighted by Crippen LogP contribution is -1.92. The lowest BCUT2D eigenvalue weighted by molar-refractivity contribution is 0.132. The minimum Gasteiger partial charge on any atom is -0.391 e. The third kappa shape index (κ3) is 2.58. The van der Waals surface area contributed by atoms with Crippen LogP contribution in [0.25, 0.3) is 4.96 Å². The van der Waals surface area contributed by atoms with Crippen molar-refractivity contribution >= 4 is 22.5 Å². The summed E-state index contributed by atoms with van der Waals surface area (Å²) < 4.78 is 2.05. The number of fused-ring (bicyclic) bond motifs is 1. The van der Waals surface area contributed by atoms with Crippen LogP contribution in [0.3, 0.4) is 0 Å². The molecule has 0 aliphatic rings. The van der Waals surface area contributed by atoms with Crippen molar-refractivity contribution in [2.75, 3.05) is 0 Å². The van der Waals surface area contributed by atoms with E-state index in [9.17, 15) is 0 Å². The van der Waals surface area contributed by atoms with Gasteiger partial charge in [-0.15, -0.1) is 11.3 Å². The van der Waals surface area contributed by atoms with Gasteiger partial charge in [-0.05, 0) is 19.4 Å². The molecule has 1 aromatic carbocycles. The molecular weight excluding hydrogens is 270 g/mol. The molecule has 0 N–H and O–H groups in total. The van der Waals surface area contributed by atoms with Gasteiger partial charge in [0.2, 0.25) is 0 Å². The van der Waals surface area contributed by atoms with Gasteiger partial charge in [-0.25, -0.2) is 4.98 Å². The van der Waals surface area contributed by atoms with Crippen LogP contribution in [0.2, 0.25) is 0 Å². The number of benzene rings is 1. The number of aryl methyl sites for hydroxylation is 2. The molecule has 0 radical (unpaired) electrons. The number of oxime groups is 1. The Balaban J connectivity index is 1.72. The fourth-order valence-corrected chi connectivity index (χ4v) is 2.89. The molecule has 0 spiro atoms. The molecule has 3 aromatic rings. The van der Waals surface area contributed by atoms with Crippen molar-refractivity contribution < 1.29 is 4.84 Å². The average Bonchev–Trinajstić information content (AvgIpc) is 2.92. The second kappa shape index (κ2) is 5.46. The molecule has 0 aliphatic heterocycles. The highest BCUT2D eigenvalue weighted by molar-refractivity contribution is 7.17. The van der Waals surface area contributed by atoms with Crippen molar-refractivity contribution in [3.8, 4) is 0 Å². The molecule has 0 saturated heterocycles. The van der Waals surface area contributed by atoms with E-state index in [4.69, 9.17) is 4.84 Å². The Hall–Kier alpha value is -2.14. The minimum absolute atomic E-state index is 0.473. The number of rotatable bonds is 4. The summed E-state index contributed by atoms with van der Waals surface area (Å²) in [6.45, 7) is 4.52.